The lowest BCUT2D eigenvalue weighted by atomic mass is 10.4. The Morgan fingerprint density at radius 1 is 1.50 bits per heavy atom. The first-order valence-electron chi connectivity index (χ1n) is 3.52. The monoisotopic (exact) mass is 199 g/mol. The summed E-state index contributed by atoms with van der Waals surface area (Å²) in [6.07, 6.45) is -1.45. The molecule has 4 N–H and O–H groups in total. The predicted molar refractivity (Wildman–Crippen MR) is 38.8 cm³/mol. The van der Waals surface area contributed by atoms with Gasteiger partial charge in [-0.2, -0.15) is 0 Å². The fourth-order valence-electron chi connectivity index (χ4n) is 0.762. The third kappa shape index (κ3) is 4.62. The maximum Gasteiger partial charge on any atom is 0.202 e. The summed E-state index contributed by atoms with van der Waals surface area (Å²) in [5.41, 5.74) is 0. The van der Waals surface area contributed by atoms with Crippen molar-refractivity contribution >= 4 is 10.1 Å². The van der Waals surface area contributed by atoms with Crippen LogP contribution in [-0.2, 0) is 10.1 Å². The molecule has 0 aliphatic carbocycles. The third-order valence-electron chi connectivity index (χ3n) is 1.38. The zero-order chi connectivity index (χ0) is 9.78. The van der Waals surface area contributed by atoms with Gasteiger partial charge in [0, 0.05) is 6.42 Å². The van der Waals surface area contributed by atoms with Crippen LogP contribution >= 0.6 is 0 Å². The van der Waals surface area contributed by atoms with E-state index in [0.717, 1.165) is 5.32 Å². The summed E-state index contributed by atoms with van der Waals surface area (Å²) in [5, 5.41) is 16.8. The minimum absolute atomic E-state index is 0.151. The molecular weight excluding hydrogens is 186 g/mol. The van der Waals surface area contributed by atoms with Gasteiger partial charge >= 0.3 is 0 Å². The molecule has 0 heterocycles. The van der Waals surface area contributed by atoms with Crippen LogP contribution < -0.4 is 5.32 Å². The molecule has 74 valence electrons. The molecule has 12 heavy (non-hydrogen) atoms. The first kappa shape index (κ1) is 11.8. The molecule has 7 heteroatoms. The van der Waals surface area contributed by atoms with Crippen molar-refractivity contribution in [1.82, 2.24) is 0 Å². The summed E-state index contributed by atoms with van der Waals surface area (Å²) in [5.74, 6) is 0. The standard InChI is InChI=1S/C5H13NO5S/c1-2-4(12(9,10)11)6-3-5(7)8/h4-8H,2-3H2,1H3,(H,9,10,11). The molecule has 0 aliphatic rings. The van der Waals surface area contributed by atoms with E-state index in [2.05, 4.69) is 0 Å². The van der Waals surface area contributed by atoms with Crippen LogP contribution in [0.4, 0.5) is 0 Å². The van der Waals surface area contributed by atoms with Gasteiger partial charge in [-0.1, -0.05) is 6.92 Å². The average molecular weight is 199 g/mol. The van der Waals surface area contributed by atoms with E-state index in [4.69, 9.17) is 10.2 Å². The van der Waals surface area contributed by atoms with Crippen molar-refractivity contribution in [2.75, 3.05) is 6.54 Å². The van der Waals surface area contributed by atoms with Gasteiger partial charge in [0.1, 0.15) is 16.7 Å². The Labute approximate surface area is 71.0 Å². The molecule has 0 aliphatic heterocycles. The minimum atomic E-state index is -4.34. The highest BCUT2D eigenvalue weighted by atomic mass is 32.2. The largest absolute Gasteiger partial charge is 0.743 e. The van der Waals surface area contributed by atoms with Gasteiger partial charge in [0.25, 0.3) is 0 Å². The summed E-state index contributed by atoms with van der Waals surface area (Å²) in [6, 6.07) is 0. The second-order valence-electron chi connectivity index (χ2n) is 2.39. The number of nitrogens with two attached hydrogens (primary N) is 1. The summed E-state index contributed by atoms with van der Waals surface area (Å²) >= 11 is 0. The average Bonchev–Trinajstić information content (AvgIpc) is 1.85. The Morgan fingerprint density at radius 2 is 2.00 bits per heavy atom. The molecule has 0 spiro atoms. The number of hydrogen-bond donors (Lipinski definition) is 3. The van der Waals surface area contributed by atoms with Crippen molar-refractivity contribution in [2.45, 2.75) is 25.0 Å². The Balaban J connectivity index is 4.03. The van der Waals surface area contributed by atoms with Crippen molar-refractivity contribution in [3.05, 3.63) is 0 Å². The van der Waals surface area contributed by atoms with E-state index in [-0.39, 0.29) is 13.0 Å². The minimum Gasteiger partial charge on any atom is -0.743 e. The van der Waals surface area contributed by atoms with Crippen LogP contribution in [0.25, 0.3) is 0 Å². The van der Waals surface area contributed by atoms with Crippen molar-refractivity contribution in [2.24, 2.45) is 0 Å². The molecule has 0 fully saturated rings. The molecule has 0 radical (unpaired) electrons. The van der Waals surface area contributed by atoms with E-state index in [0.29, 0.717) is 0 Å². The van der Waals surface area contributed by atoms with E-state index in [1.165, 1.54) is 0 Å². The van der Waals surface area contributed by atoms with E-state index in [1.54, 1.807) is 6.92 Å². The summed E-state index contributed by atoms with van der Waals surface area (Å²) in [4.78, 5) is 0. The number of quaternary nitrogens is 1. The Kier molecular flexibility index (Phi) is 4.64. The summed E-state index contributed by atoms with van der Waals surface area (Å²) < 4.78 is 31.3. The lowest BCUT2D eigenvalue weighted by Crippen LogP contribution is -2.93. The molecule has 0 bridgehead atoms. The maximum atomic E-state index is 10.4. The molecule has 0 rings (SSSR count). The van der Waals surface area contributed by atoms with Gasteiger partial charge in [-0.3, -0.25) is 0 Å². The van der Waals surface area contributed by atoms with Gasteiger partial charge in [-0.25, -0.2) is 8.42 Å². The van der Waals surface area contributed by atoms with E-state index in [9.17, 15) is 13.0 Å². The highest BCUT2D eigenvalue weighted by molar-refractivity contribution is 7.86. The van der Waals surface area contributed by atoms with E-state index >= 15 is 0 Å². The van der Waals surface area contributed by atoms with Crippen LogP contribution in [0.5, 0.6) is 0 Å². The van der Waals surface area contributed by atoms with Crippen LogP contribution in [-0.4, -0.2) is 41.4 Å². The van der Waals surface area contributed by atoms with Gasteiger partial charge in [0.15, 0.2) is 5.37 Å². The normalized spacial score (nSPS) is 15.1. The second kappa shape index (κ2) is 4.73. The van der Waals surface area contributed by atoms with Gasteiger partial charge in [0.2, 0.25) is 6.29 Å². The molecule has 0 aromatic rings. The topological polar surface area (TPSA) is 114 Å². The van der Waals surface area contributed by atoms with Gasteiger partial charge in [-0.05, 0) is 0 Å². The molecule has 0 aromatic heterocycles. The van der Waals surface area contributed by atoms with Crippen LogP contribution in [0.2, 0.25) is 0 Å². The SMILES string of the molecule is CCC([NH2+]CC(O)O)S(=O)(=O)[O-]. The fourth-order valence-corrected chi connectivity index (χ4v) is 1.52. The Hall–Kier alpha value is -0.210. The number of rotatable bonds is 5. The first-order valence-corrected chi connectivity index (χ1v) is 4.99. The highest BCUT2D eigenvalue weighted by Gasteiger charge is 2.17. The number of hydrogen-bond acceptors (Lipinski definition) is 5. The summed E-state index contributed by atoms with van der Waals surface area (Å²) in [7, 11) is -4.34. The Morgan fingerprint density at radius 3 is 2.25 bits per heavy atom. The van der Waals surface area contributed by atoms with Crippen molar-refractivity contribution in [1.29, 1.82) is 0 Å². The zero-order valence-electron chi connectivity index (χ0n) is 6.67. The second-order valence-corrected chi connectivity index (χ2v) is 3.98. The van der Waals surface area contributed by atoms with Crippen LogP contribution in [0.15, 0.2) is 0 Å². The first-order chi connectivity index (χ1) is 5.38. The zero-order valence-corrected chi connectivity index (χ0v) is 7.49. The number of aliphatic hydroxyl groups is 2. The van der Waals surface area contributed by atoms with Crippen molar-refractivity contribution < 1.29 is 28.5 Å². The molecule has 0 saturated carbocycles. The number of aliphatic hydroxyl groups excluding tert-OH is 1. The van der Waals surface area contributed by atoms with E-state index < -0.39 is 21.8 Å². The fraction of sp³-hybridized carbons (Fsp3) is 1.00. The van der Waals surface area contributed by atoms with Gasteiger partial charge in [0.05, 0.1) is 0 Å². The van der Waals surface area contributed by atoms with Crippen LogP contribution in [0.1, 0.15) is 13.3 Å². The van der Waals surface area contributed by atoms with Crippen molar-refractivity contribution in [3.63, 3.8) is 0 Å². The molecule has 0 aromatic carbocycles. The third-order valence-corrected chi connectivity index (χ3v) is 2.65. The lowest BCUT2D eigenvalue weighted by Gasteiger charge is -2.17. The van der Waals surface area contributed by atoms with Crippen LogP contribution in [0, 0.1) is 0 Å². The highest BCUT2D eigenvalue weighted by Crippen LogP contribution is 1.92. The molecule has 6 nitrogen and oxygen atoms in total. The molecular formula is C5H13NO5S. The van der Waals surface area contributed by atoms with Gasteiger partial charge in [-0.15, -0.1) is 0 Å². The quantitative estimate of drug-likeness (QED) is 0.325. The van der Waals surface area contributed by atoms with Crippen molar-refractivity contribution in [3.8, 4) is 0 Å². The lowest BCUT2D eigenvalue weighted by molar-refractivity contribution is -0.681. The molecule has 1 unspecified atom stereocenters. The Bertz CT molecular complexity index is 212. The smallest absolute Gasteiger partial charge is 0.202 e. The van der Waals surface area contributed by atoms with Gasteiger partial charge < -0.3 is 20.1 Å². The maximum absolute atomic E-state index is 10.4. The molecule has 0 saturated heterocycles. The predicted octanol–water partition coefficient (Wildman–Crippen LogP) is -2.86. The molecule has 0 amide bonds. The summed E-state index contributed by atoms with van der Waals surface area (Å²) in [6.45, 7) is 1.33. The van der Waals surface area contributed by atoms with E-state index in [1.807, 2.05) is 0 Å². The molecule has 1 atom stereocenters. The van der Waals surface area contributed by atoms with Crippen LogP contribution in [0.3, 0.4) is 0 Å².